The van der Waals surface area contributed by atoms with E-state index < -0.39 is 0 Å². The first-order chi connectivity index (χ1) is 5.36. The fourth-order valence-electron chi connectivity index (χ4n) is 0.976. The van der Waals surface area contributed by atoms with E-state index in [0.29, 0.717) is 0 Å². The fourth-order valence-corrected chi connectivity index (χ4v) is 1.61. The van der Waals surface area contributed by atoms with Crippen molar-refractivity contribution in [2.24, 2.45) is 0 Å². The van der Waals surface area contributed by atoms with Crippen molar-refractivity contribution >= 4 is 28.6 Å². The maximum atomic E-state index is 2.19. The molecule has 1 heteroatoms. The molecule has 1 aromatic carbocycles. The molecule has 0 N–H and O–H groups in total. The third-order valence-electron chi connectivity index (χ3n) is 1.68. The molecule has 0 aliphatic rings. The van der Waals surface area contributed by atoms with Crippen LogP contribution in [0.3, 0.4) is 0 Å². The topological polar surface area (TPSA) is 0 Å². The number of rotatable bonds is 2. The van der Waals surface area contributed by atoms with E-state index in [1.54, 1.807) is 0 Å². The summed E-state index contributed by atoms with van der Waals surface area (Å²) in [6.07, 6.45) is 3.30. The predicted molar refractivity (Wildman–Crippen MR) is 52.0 cm³/mol. The summed E-state index contributed by atoms with van der Waals surface area (Å²) in [5.41, 5.74) is 2.73. The maximum absolute atomic E-state index is 2.19. The van der Waals surface area contributed by atoms with Crippen LogP contribution >= 0.6 is 0 Å². The van der Waals surface area contributed by atoms with E-state index in [4.69, 9.17) is 0 Å². The van der Waals surface area contributed by atoms with Gasteiger partial charge in [-0.05, 0) is 0 Å². The number of benzene rings is 1. The van der Waals surface area contributed by atoms with Crippen LogP contribution in [0.15, 0.2) is 28.4 Å². The van der Waals surface area contributed by atoms with Gasteiger partial charge >= 0.3 is 81.4 Å². The molecule has 0 aromatic heterocycles. The Kier molecular flexibility index (Phi) is 3.70. The summed E-state index contributed by atoms with van der Waals surface area (Å²) >= 11 is 1.20. The average Bonchev–Trinajstić information content (AvgIpc) is 2.07. The van der Waals surface area contributed by atoms with Crippen LogP contribution < -0.4 is 0 Å². The van der Waals surface area contributed by atoms with Crippen LogP contribution in [0.1, 0.15) is 18.1 Å². The third-order valence-corrected chi connectivity index (χ3v) is 2.23. The van der Waals surface area contributed by atoms with Gasteiger partial charge in [0.2, 0.25) is 0 Å². The Morgan fingerprint density at radius 3 is 2.36 bits per heavy atom. The second kappa shape index (κ2) is 4.60. The molecule has 1 rings (SSSR count). The predicted octanol–water partition coefficient (Wildman–Crippen LogP) is 2.12. The summed E-state index contributed by atoms with van der Waals surface area (Å²) in [6, 6.07) is 8.73. The third kappa shape index (κ3) is 2.70. The molecule has 56 valence electrons. The molecule has 1 aromatic rings. The molecule has 0 fully saturated rings. The minimum atomic E-state index is 1.13. The summed E-state index contributed by atoms with van der Waals surface area (Å²) in [6.45, 7) is 2.18. The zero-order valence-corrected chi connectivity index (χ0v) is 10.0. The van der Waals surface area contributed by atoms with Gasteiger partial charge in [0.05, 0.1) is 0 Å². The molecular formula is C10H12Sn. The van der Waals surface area contributed by atoms with Crippen LogP contribution in [-0.4, -0.2) is 22.5 Å². The van der Waals surface area contributed by atoms with Gasteiger partial charge in [-0.15, -0.1) is 0 Å². The van der Waals surface area contributed by atoms with Gasteiger partial charge in [-0.3, -0.25) is 0 Å². The number of hydrogen-bond acceptors (Lipinski definition) is 0. The van der Waals surface area contributed by atoms with E-state index >= 15 is 0 Å². The van der Waals surface area contributed by atoms with Gasteiger partial charge < -0.3 is 0 Å². The SMILES string of the molecule is CCc1ccc(/C=[CH]/[SnH])cc1. The molecule has 0 nitrogen and oxygen atoms in total. The molecule has 0 unspecified atom stereocenters. The first kappa shape index (κ1) is 8.85. The van der Waals surface area contributed by atoms with Crippen molar-refractivity contribution < 1.29 is 0 Å². The van der Waals surface area contributed by atoms with Crippen molar-refractivity contribution in [3.63, 3.8) is 0 Å². The normalized spacial score (nSPS) is 10.7. The van der Waals surface area contributed by atoms with Crippen LogP contribution in [0.2, 0.25) is 0 Å². The Hall–Kier alpha value is -0.241. The zero-order chi connectivity index (χ0) is 8.10. The van der Waals surface area contributed by atoms with Gasteiger partial charge in [0, 0.05) is 0 Å². The summed E-state index contributed by atoms with van der Waals surface area (Å²) in [7, 11) is 0. The van der Waals surface area contributed by atoms with E-state index in [1.165, 1.54) is 33.7 Å². The standard InChI is InChI=1S/C10H11.Sn.H/c1-3-9-5-7-10(4-2)8-6-9;;/h1,3,5-8H,4H2,2H3;;. The Morgan fingerprint density at radius 1 is 1.27 bits per heavy atom. The Morgan fingerprint density at radius 2 is 1.91 bits per heavy atom. The van der Waals surface area contributed by atoms with Crippen LogP contribution in [0.4, 0.5) is 0 Å². The summed E-state index contributed by atoms with van der Waals surface area (Å²) in [5.74, 6) is 0. The molecule has 0 saturated carbocycles. The van der Waals surface area contributed by atoms with Crippen LogP contribution in [0, 0.1) is 0 Å². The van der Waals surface area contributed by atoms with Gasteiger partial charge in [-0.2, -0.15) is 0 Å². The number of hydrogen-bond donors (Lipinski definition) is 0. The minimum absolute atomic E-state index is 1.13. The van der Waals surface area contributed by atoms with Crippen molar-refractivity contribution in [1.82, 2.24) is 0 Å². The van der Waals surface area contributed by atoms with E-state index in [1.807, 2.05) is 0 Å². The molecule has 0 bridgehead atoms. The second-order valence-electron chi connectivity index (χ2n) is 2.45. The first-order valence-corrected chi connectivity index (χ1v) is 5.74. The van der Waals surface area contributed by atoms with E-state index in [2.05, 4.69) is 41.4 Å². The molecular weight excluding hydrogens is 239 g/mol. The van der Waals surface area contributed by atoms with Crippen molar-refractivity contribution in [1.29, 1.82) is 0 Å². The van der Waals surface area contributed by atoms with Crippen molar-refractivity contribution in [3.8, 4) is 0 Å². The van der Waals surface area contributed by atoms with Crippen molar-refractivity contribution in [2.75, 3.05) is 0 Å². The first-order valence-electron chi connectivity index (χ1n) is 3.84. The molecule has 0 heterocycles. The van der Waals surface area contributed by atoms with E-state index in [0.717, 1.165) is 6.42 Å². The summed E-state index contributed by atoms with van der Waals surface area (Å²) in [5, 5.41) is 0. The van der Waals surface area contributed by atoms with E-state index in [9.17, 15) is 0 Å². The van der Waals surface area contributed by atoms with Crippen LogP contribution in [0.25, 0.3) is 6.08 Å². The summed E-state index contributed by atoms with van der Waals surface area (Å²) in [4.78, 5) is 0. The van der Waals surface area contributed by atoms with Crippen molar-refractivity contribution in [2.45, 2.75) is 13.3 Å². The van der Waals surface area contributed by atoms with Gasteiger partial charge in [0.25, 0.3) is 0 Å². The molecule has 0 atom stereocenters. The molecule has 11 heavy (non-hydrogen) atoms. The van der Waals surface area contributed by atoms with Gasteiger partial charge in [-0.25, -0.2) is 0 Å². The molecule has 0 aliphatic heterocycles. The van der Waals surface area contributed by atoms with Gasteiger partial charge in [0.1, 0.15) is 0 Å². The van der Waals surface area contributed by atoms with Gasteiger partial charge in [-0.1, -0.05) is 0 Å². The Labute approximate surface area is 81.4 Å². The quantitative estimate of drug-likeness (QED) is 0.706. The van der Waals surface area contributed by atoms with E-state index in [-0.39, 0.29) is 0 Å². The van der Waals surface area contributed by atoms with Crippen LogP contribution in [-0.2, 0) is 6.42 Å². The molecule has 0 amide bonds. The molecule has 0 saturated heterocycles. The monoisotopic (exact) mass is 252 g/mol. The average molecular weight is 251 g/mol. The summed E-state index contributed by atoms with van der Waals surface area (Å²) < 4.78 is 2.19. The second-order valence-corrected chi connectivity index (χ2v) is 3.55. The van der Waals surface area contributed by atoms with Crippen LogP contribution in [0.5, 0.6) is 0 Å². The number of aryl methyl sites for hydroxylation is 1. The zero-order valence-electron chi connectivity index (χ0n) is 6.75. The fraction of sp³-hybridized carbons (Fsp3) is 0.200. The molecule has 2 radical (unpaired) electrons. The Bertz CT molecular complexity index is 234. The van der Waals surface area contributed by atoms with Gasteiger partial charge in [0.15, 0.2) is 0 Å². The molecule has 0 spiro atoms. The Balaban J connectivity index is 2.82. The van der Waals surface area contributed by atoms with Crippen molar-refractivity contribution in [3.05, 3.63) is 39.5 Å². The molecule has 0 aliphatic carbocycles.